The van der Waals surface area contributed by atoms with Gasteiger partial charge in [-0.2, -0.15) is 0 Å². The molecular weight excluding hydrogens is 300 g/mol. The Bertz CT molecular complexity index is 586. The van der Waals surface area contributed by atoms with Crippen LogP contribution in [0.1, 0.15) is 16.1 Å². The molecule has 18 heavy (non-hydrogen) atoms. The fourth-order valence-electron chi connectivity index (χ4n) is 1.27. The number of ether oxygens (including phenoxy) is 1. The number of hydrogen-bond donors (Lipinski definition) is 0. The van der Waals surface area contributed by atoms with Crippen molar-refractivity contribution in [1.29, 1.82) is 0 Å². The first-order valence-corrected chi connectivity index (χ1v) is 5.90. The number of aromatic nitrogens is 1. The summed E-state index contributed by atoms with van der Waals surface area (Å²) in [5.74, 6) is -0.255. The molecule has 0 aliphatic rings. The molecule has 0 unspecified atom stereocenters. The molecule has 1 aromatic carbocycles. The summed E-state index contributed by atoms with van der Waals surface area (Å²) in [5, 5.41) is 4.13. The molecule has 7 heteroatoms. The van der Waals surface area contributed by atoms with Gasteiger partial charge in [-0.3, -0.25) is 0 Å². The Hall–Kier alpha value is -1.23. The van der Waals surface area contributed by atoms with E-state index in [9.17, 15) is 4.79 Å². The number of rotatable bonds is 2. The van der Waals surface area contributed by atoms with Gasteiger partial charge < -0.3 is 9.26 Å². The molecule has 1 heterocycles. The fourth-order valence-corrected chi connectivity index (χ4v) is 2.16. The van der Waals surface area contributed by atoms with E-state index in [1.165, 1.54) is 18.3 Å². The average molecular weight is 307 g/mol. The second kappa shape index (κ2) is 5.18. The van der Waals surface area contributed by atoms with Crippen LogP contribution in [-0.2, 0) is 0 Å². The summed E-state index contributed by atoms with van der Waals surface area (Å²) in [5.41, 5.74) is 0.206. The standard InChI is InChI=1S/C11H6Cl3NO3/c1-5-7(4-15-18-5)11(16)17-10-8(13)2-6(12)3-9(10)14/h2-4H,1H3. The number of carbonyl (C=O) groups excluding carboxylic acids is 1. The van der Waals surface area contributed by atoms with Crippen molar-refractivity contribution in [3.05, 3.63) is 44.7 Å². The van der Waals surface area contributed by atoms with Crippen molar-refractivity contribution in [2.75, 3.05) is 0 Å². The maximum absolute atomic E-state index is 11.8. The van der Waals surface area contributed by atoms with Gasteiger partial charge in [0.05, 0.1) is 16.2 Å². The summed E-state index contributed by atoms with van der Waals surface area (Å²) in [6.07, 6.45) is 1.26. The molecule has 0 saturated heterocycles. The summed E-state index contributed by atoms with van der Waals surface area (Å²) in [4.78, 5) is 11.8. The maximum atomic E-state index is 11.8. The molecule has 0 fully saturated rings. The van der Waals surface area contributed by atoms with Crippen LogP contribution < -0.4 is 4.74 Å². The predicted octanol–water partition coefficient (Wildman–Crippen LogP) is 4.16. The van der Waals surface area contributed by atoms with Gasteiger partial charge in [-0.25, -0.2) is 4.79 Å². The highest BCUT2D eigenvalue weighted by Gasteiger charge is 2.19. The van der Waals surface area contributed by atoms with Gasteiger partial charge in [-0.1, -0.05) is 40.0 Å². The smallest absolute Gasteiger partial charge is 0.348 e. The summed E-state index contributed by atoms with van der Waals surface area (Å²) >= 11 is 17.5. The molecule has 2 rings (SSSR count). The van der Waals surface area contributed by atoms with Gasteiger partial charge in [0.1, 0.15) is 11.3 Å². The molecule has 0 radical (unpaired) electrons. The Morgan fingerprint density at radius 3 is 2.39 bits per heavy atom. The molecule has 0 saturated carbocycles. The number of aryl methyl sites for hydroxylation is 1. The van der Waals surface area contributed by atoms with E-state index in [1.54, 1.807) is 6.92 Å². The van der Waals surface area contributed by atoms with Gasteiger partial charge in [-0.15, -0.1) is 0 Å². The Labute approximate surface area is 117 Å². The highest BCUT2D eigenvalue weighted by Crippen LogP contribution is 2.36. The predicted molar refractivity (Wildman–Crippen MR) is 67.7 cm³/mol. The van der Waals surface area contributed by atoms with E-state index in [0.29, 0.717) is 10.8 Å². The third-order valence-electron chi connectivity index (χ3n) is 2.13. The average Bonchev–Trinajstić information content (AvgIpc) is 2.69. The number of carbonyl (C=O) groups is 1. The van der Waals surface area contributed by atoms with E-state index in [2.05, 4.69) is 5.16 Å². The van der Waals surface area contributed by atoms with Gasteiger partial charge in [0, 0.05) is 5.02 Å². The Kier molecular flexibility index (Phi) is 3.80. The molecule has 0 spiro atoms. The summed E-state index contributed by atoms with van der Waals surface area (Å²) in [7, 11) is 0. The normalized spacial score (nSPS) is 10.4. The van der Waals surface area contributed by atoms with Gasteiger partial charge in [0.2, 0.25) is 0 Å². The van der Waals surface area contributed by atoms with Crippen molar-refractivity contribution in [3.8, 4) is 5.75 Å². The molecule has 1 aromatic heterocycles. The zero-order valence-corrected chi connectivity index (χ0v) is 11.3. The molecule has 0 amide bonds. The molecule has 0 bridgehead atoms. The quantitative estimate of drug-likeness (QED) is 0.617. The zero-order valence-electron chi connectivity index (χ0n) is 9.04. The van der Waals surface area contributed by atoms with E-state index in [0.717, 1.165) is 0 Å². The van der Waals surface area contributed by atoms with Crippen molar-refractivity contribution in [1.82, 2.24) is 5.16 Å². The van der Waals surface area contributed by atoms with E-state index >= 15 is 0 Å². The van der Waals surface area contributed by atoms with Crippen LogP contribution in [0.15, 0.2) is 22.9 Å². The van der Waals surface area contributed by atoms with Crippen LogP contribution in [0.25, 0.3) is 0 Å². The number of esters is 1. The topological polar surface area (TPSA) is 52.3 Å². The molecular formula is C11H6Cl3NO3. The van der Waals surface area contributed by atoms with Crippen molar-refractivity contribution < 1.29 is 14.1 Å². The van der Waals surface area contributed by atoms with Crippen molar-refractivity contribution in [3.63, 3.8) is 0 Å². The van der Waals surface area contributed by atoms with E-state index in [-0.39, 0.29) is 21.4 Å². The van der Waals surface area contributed by atoms with Crippen LogP contribution in [-0.4, -0.2) is 11.1 Å². The monoisotopic (exact) mass is 305 g/mol. The molecule has 4 nitrogen and oxygen atoms in total. The third kappa shape index (κ3) is 2.61. The van der Waals surface area contributed by atoms with Crippen molar-refractivity contribution >= 4 is 40.8 Å². The highest BCUT2D eigenvalue weighted by molar-refractivity contribution is 6.40. The van der Waals surface area contributed by atoms with Crippen LogP contribution in [0.3, 0.4) is 0 Å². The Balaban J connectivity index is 2.31. The van der Waals surface area contributed by atoms with Crippen LogP contribution in [0, 0.1) is 6.92 Å². The van der Waals surface area contributed by atoms with Crippen LogP contribution in [0.2, 0.25) is 15.1 Å². The second-order valence-corrected chi connectivity index (χ2v) is 4.63. The lowest BCUT2D eigenvalue weighted by Crippen LogP contribution is -2.09. The SMILES string of the molecule is Cc1oncc1C(=O)Oc1c(Cl)cc(Cl)cc1Cl. The first kappa shape index (κ1) is 13.2. The van der Waals surface area contributed by atoms with Crippen molar-refractivity contribution in [2.45, 2.75) is 6.92 Å². The summed E-state index contributed by atoms with van der Waals surface area (Å²) in [6, 6.07) is 2.86. The second-order valence-electron chi connectivity index (χ2n) is 3.38. The largest absolute Gasteiger partial charge is 0.420 e. The third-order valence-corrected chi connectivity index (χ3v) is 2.91. The van der Waals surface area contributed by atoms with Crippen LogP contribution >= 0.6 is 34.8 Å². The van der Waals surface area contributed by atoms with Crippen LogP contribution in [0.5, 0.6) is 5.75 Å². The lowest BCUT2D eigenvalue weighted by atomic mass is 10.3. The number of hydrogen-bond acceptors (Lipinski definition) is 4. The minimum absolute atomic E-state index is 0.0494. The highest BCUT2D eigenvalue weighted by atomic mass is 35.5. The zero-order chi connectivity index (χ0) is 13.3. The van der Waals surface area contributed by atoms with E-state index < -0.39 is 5.97 Å². The number of halogens is 3. The minimum Gasteiger partial charge on any atom is -0.420 e. The fraction of sp³-hybridized carbons (Fsp3) is 0.0909. The first-order valence-electron chi connectivity index (χ1n) is 4.77. The maximum Gasteiger partial charge on any atom is 0.348 e. The summed E-state index contributed by atoms with van der Waals surface area (Å²) in [6.45, 7) is 1.59. The van der Waals surface area contributed by atoms with Gasteiger partial charge in [-0.05, 0) is 19.1 Å². The van der Waals surface area contributed by atoms with E-state index in [4.69, 9.17) is 44.1 Å². The minimum atomic E-state index is -0.653. The first-order chi connectivity index (χ1) is 8.49. The molecule has 94 valence electrons. The van der Waals surface area contributed by atoms with Crippen LogP contribution in [0.4, 0.5) is 0 Å². The van der Waals surface area contributed by atoms with Gasteiger partial charge in [0.15, 0.2) is 5.75 Å². The number of nitrogens with zero attached hydrogens (tertiary/aromatic N) is 1. The molecule has 0 aliphatic carbocycles. The molecule has 2 aromatic rings. The van der Waals surface area contributed by atoms with E-state index in [1.807, 2.05) is 0 Å². The van der Waals surface area contributed by atoms with Gasteiger partial charge >= 0.3 is 5.97 Å². The number of benzene rings is 1. The molecule has 0 N–H and O–H groups in total. The Morgan fingerprint density at radius 1 is 1.28 bits per heavy atom. The lowest BCUT2D eigenvalue weighted by Gasteiger charge is -2.07. The molecule has 0 aliphatic heterocycles. The summed E-state index contributed by atoms with van der Waals surface area (Å²) < 4.78 is 9.86. The van der Waals surface area contributed by atoms with Gasteiger partial charge in [0.25, 0.3) is 0 Å². The van der Waals surface area contributed by atoms with Crippen molar-refractivity contribution in [2.24, 2.45) is 0 Å². The molecule has 0 atom stereocenters. The lowest BCUT2D eigenvalue weighted by molar-refractivity contribution is 0.0733. The Morgan fingerprint density at radius 2 is 1.89 bits per heavy atom.